The van der Waals surface area contributed by atoms with Gasteiger partial charge in [0.25, 0.3) is 0 Å². The van der Waals surface area contributed by atoms with E-state index < -0.39 is 0 Å². The molecular formula is C11H13N3O2. The van der Waals surface area contributed by atoms with E-state index in [9.17, 15) is 0 Å². The van der Waals surface area contributed by atoms with Gasteiger partial charge in [-0.2, -0.15) is 0 Å². The van der Waals surface area contributed by atoms with Gasteiger partial charge in [0.2, 0.25) is 6.79 Å². The van der Waals surface area contributed by atoms with Gasteiger partial charge in [0.15, 0.2) is 11.5 Å². The fraction of sp³-hybridized carbons (Fsp3) is 0.455. The molecule has 1 atom stereocenters. The van der Waals surface area contributed by atoms with Gasteiger partial charge in [0.05, 0.1) is 6.04 Å². The van der Waals surface area contributed by atoms with Crippen LogP contribution in [0.2, 0.25) is 0 Å². The highest BCUT2D eigenvalue weighted by Gasteiger charge is 2.16. The molecule has 1 aliphatic rings. The molecule has 2 rings (SSSR count). The molecule has 1 aromatic carbocycles. The summed E-state index contributed by atoms with van der Waals surface area (Å²) in [7, 11) is 0. The minimum atomic E-state index is -0.121. The number of hydrogen-bond donors (Lipinski definition) is 0. The van der Waals surface area contributed by atoms with Crippen LogP contribution in [0, 0.1) is 0 Å². The summed E-state index contributed by atoms with van der Waals surface area (Å²) in [5.74, 6) is 1.48. The molecule has 0 amide bonds. The Kier molecular flexibility index (Phi) is 3.17. The Hall–Kier alpha value is -1.87. The third kappa shape index (κ3) is 2.04. The monoisotopic (exact) mass is 219 g/mol. The van der Waals surface area contributed by atoms with E-state index in [2.05, 4.69) is 16.9 Å². The zero-order valence-electron chi connectivity index (χ0n) is 9.09. The van der Waals surface area contributed by atoms with Crippen LogP contribution in [-0.4, -0.2) is 6.79 Å². The van der Waals surface area contributed by atoms with Crippen molar-refractivity contribution in [3.8, 4) is 11.5 Å². The van der Waals surface area contributed by atoms with Crippen molar-refractivity contribution in [3.63, 3.8) is 0 Å². The Morgan fingerprint density at radius 3 is 3.00 bits per heavy atom. The number of fused-ring (bicyclic) bond motifs is 1. The first kappa shape index (κ1) is 10.6. The molecule has 0 radical (unpaired) electrons. The largest absolute Gasteiger partial charge is 0.454 e. The van der Waals surface area contributed by atoms with Crippen molar-refractivity contribution in [3.05, 3.63) is 34.2 Å². The highest BCUT2D eigenvalue weighted by atomic mass is 16.7. The van der Waals surface area contributed by atoms with Crippen LogP contribution in [0.4, 0.5) is 0 Å². The molecule has 0 bridgehead atoms. The summed E-state index contributed by atoms with van der Waals surface area (Å²) in [6.45, 7) is 2.33. The third-order valence-corrected chi connectivity index (χ3v) is 2.53. The third-order valence-electron chi connectivity index (χ3n) is 2.53. The molecule has 0 saturated carbocycles. The topological polar surface area (TPSA) is 67.2 Å². The van der Waals surface area contributed by atoms with Crippen molar-refractivity contribution in [2.75, 3.05) is 6.79 Å². The van der Waals surface area contributed by atoms with Gasteiger partial charge in [-0.1, -0.05) is 24.5 Å². The number of nitrogens with zero attached hydrogens (tertiary/aromatic N) is 3. The van der Waals surface area contributed by atoms with Gasteiger partial charge >= 0.3 is 0 Å². The van der Waals surface area contributed by atoms with Crippen molar-refractivity contribution in [1.82, 2.24) is 0 Å². The Bertz CT molecular complexity index is 427. The Labute approximate surface area is 93.6 Å². The van der Waals surface area contributed by atoms with E-state index >= 15 is 0 Å². The van der Waals surface area contributed by atoms with Crippen LogP contribution < -0.4 is 9.47 Å². The zero-order chi connectivity index (χ0) is 11.4. The van der Waals surface area contributed by atoms with Gasteiger partial charge in [-0.25, -0.2) is 0 Å². The maximum absolute atomic E-state index is 8.52. The normalized spacial score (nSPS) is 14.3. The second-order valence-corrected chi connectivity index (χ2v) is 3.62. The minimum Gasteiger partial charge on any atom is -0.454 e. The molecule has 0 aromatic heterocycles. The lowest BCUT2D eigenvalue weighted by Crippen LogP contribution is -1.94. The van der Waals surface area contributed by atoms with Crippen LogP contribution >= 0.6 is 0 Å². The highest BCUT2D eigenvalue weighted by Crippen LogP contribution is 2.36. The van der Waals surface area contributed by atoms with Crippen molar-refractivity contribution in [2.45, 2.75) is 25.8 Å². The quantitative estimate of drug-likeness (QED) is 0.441. The maximum Gasteiger partial charge on any atom is 0.231 e. The summed E-state index contributed by atoms with van der Waals surface area (Å²) in [5, 5.41) is 3.79. The number of rotatable bonds is 4. The van der Waals surface area contributed by atoms with E-state index in [0.29, 0.717) is 0 Å². The maximum atomic E-state index is 8.52. The molecule has 84 valence electrons. The lowest BCUT2D eigenvalue weighted by atomic mass is 10.0. The van der Waals surface area contributed by atoms with Crippen LogP contribution in [0.15, 0.2) is 23.3 Å². The molecule has 1 aliphatic heterocycles. The standard InChI is InChI=1S/C11H13N3O2/c1-2-3-9(13-14-12)8-4-5-10-11(6-8)16-7-15-10/h4-6,9H,2-3,7H2,1H3/t9-/m1/s1. The van der Waals surface area contributed by atoms with E-state index in [1.165, 1.54) is 0 Å². The molecule has 0 aliphatic carbocycles. The lowest BCUT2D eigenvalue weighted by Gasteiger charge is -2.10. The summed E-state index contributed by atoms with van der Waals surface area (Å²) in [5.41, 5.74) is 9.50. The molecule has 5 nitrogen and oxygen atoms in total. The number of hydrogen-bond acceptors (Lipinski definition) is 3. The van der Waals surface area contributed by atoms with E-state index in [1.54, 1.807) is 0 Å². The predicted molar refractivity (Wildman–Crippen MR) is 59.4 cm³/mol. The molecule has 5 heteroatoms. The second kappa shape index (κ2) is 4.77. The first-order chi connectivity index (χ1) is 7.85. The van der Waals surface area contributed by atoms with Crippen molar-refractivity contribution < 1.29 is 9.47 Å². The zero-order valence-corrected chi connectivity index (χ0v) is 9.09. The van der Waals surface area contributed by atoms with Crippen LogP contribution in [0.25, 0.3) is 10.4 Å². The van der Waals surface area contributed by atoms with Gasteiger partial charge in [0.1, 0.15) is 0 Å². The van der Waals surface area contributed by atoms with Crippen molar-refractivity contribution in [2.24, 2.45) is 5.11 Å². The highest BCUT2D eigenvalue weighted by molar-refractivity contribution is 5.45. The Balaban J connectivity index is 2.27. The first-order valence-electron chi connectivity index (χ1n) is 5.29. The minimum absolute atomic E-state index is 0.121. The van der Waals surface area contributed by atoms with Gasteiger partial charge in [-0.15, -0.1) is 0 Å². The van der Waals surface area contributed by atoms with Gasteiger partial charge in [0, 0.05) is 4.91 Å². The Morgan fingerprint density at radius 2 is 2.25 bits per heavy atom. The molecule has 0 unspecified atom stereocenters. The number of benzene rings is 1. The fourth-order valence-electron chi connectivity index (χ4n) is 1.75. The van der Waals surface area contributed by atoms with E-state index in [0.717, 1.165) is 29.9 Å². The lowest BCUT2D eigenvalue weighted by molar-refractivity contribution is 0.174. The SMILES string of the molecule is CCC[C@@H](N=[N+]=[N-])c1ccc2c(c1)OCO2. The van der Waals surface area contributed by atoms with E-state index in [1.807, 2.05) is 18.2 Å². The van der Waals surface area contributed by atoms with Crippen LogP contribution in [0.1, 0.15) is 31.4 Å². The predicted octanol–water partition coefficient (Wildman–Crippen LogP) is 3.57. The molecule has 0 saturated heterocycles. The van der Waals surface area contributed by atoms with E-state index in [-0.39, 0.29) is 12.8 Å². The smallest absolute Gasteiger partial charge is 0.231 e. The molecule has 0 N–H and O–H groups in total. The fourth-order valence-corrected chi connectivity index (χ4v) is 1.75. The van der Waals surface area contributed by atoms with Gasteiger partial charge < -0.3 is 9.47 Å². The summed E-state index contributed by atoms with van der Waals surface area (Å²) in [6, 6.07) is 5.54. The number of azide groups is 1. The molecule has 1 heterocycles. The average molecular weight is 219 g/mol. The van der Waals surface area contributed by atoms with Crippen molar-refractivity contribution >= 4 is 0 Å². The summed E-state index contributed by atoms with van der Waals surface area (Å²) in [6.07, 6.45) is 1.81. The molecule has 1 aromatic rings. The van der Waals surface area contributed by atoms with Gasteiger partial charge in [-0.05, 0) is 29.6 Å². The van der Waals surface area contributed by atoms with E-state index in [4.69, 9.17) is 15.0 Å². The van der Waals surface area contributed by atoms with Crippen LogP contribution in [0.5, 0.6) is 11.5 Å². The van der Waals surface area contributed by atoms with Crippen LogP contribution in [0.3, 0.4) is 0 Å². The molecular weight excluding hydrogens is 206 g/mol. The summed E-state index contributed by atoms with van der Waals surface area (Å²) < 4.78 is 10.5. The molecule has 16 heavy (non-hydrogen) atoms. The van der Waals surface area contributed by atoms with Gasteiger partial charge in [-0.3, -0.25) is 0 Å². The van der Waals surface area contributed by atoms with Crippen molar-refractivity contribution in [1.29, 1.82) is 0 Å². The summed E-state index contributed by atoms with van der Waals surface area (Å²) in [4.78, 5) is 2.88. The molecule has 0 fully saturated rings. The number of ether oxygens (including phenoxy) is 2. The first-order valence-corrected chi connectivity index (χ1v) is 5.29. The molecule has 0 spiro atoms. The summed E-state index contributed by atoms with van der Waals surface area (Å²) >= 11 is 0. The van der Waals surface area contributed by atoms with Crippen LogP contribution in [-0.2, 0) is 0 Å². The Morgan fingerprint density at radius 1 is 1.44 bits per heavy atom. The average Bonchev–Trinajstić information content (AvgIpc) is 2.75. The second-order valence-electron chi connectivity index (χ2n) is 3.62.